The number of nitrogens with zero attached hydrogens (tertiary/aromatic N) is 6. The molecule has 1 aliphatic rings. The molecule has 4 aromatic heterocycles. The third kappa shape index (κ3) is 15.1. The third-order valence-corrected chi connectivity index (χ3v) is 14.3. The van der Waals surface area contributed by atoms with Crippen LogP contribution < -0.4 is 5.32 Å². The summed E-state index contributed by atoms with van der Waals surface area (Å²) in [4.78, 5) is 93.5. The molecule has 0 radical (unpaired) electrons. The number of aliphatic carboxylic acids is 2. The van der Waals surface area contributed by atoms with E-state index >= 15 is 0 Å². The fraction of sp³-hybridized carbons (Fsp3) is 0.364. The summed E-state index contributed by atoms with van der Waals surface area (Å²) >= 11 is 0. The number of likely N-dealkylation sites (N-methyl/N-ethyl adjacent to an activating group) is 2. The Bertz CT molecular complexity index is 2800. The number of carbonyl (C=O) groups excluding carboxylic acids is 2. The number of aliphatic hydroxyl groups is 3. The Labute approximate surface area is 401 Å². The molecule has 0 spiro atoms. The largest absolute Gasteiger partial charge is 0.479 e. The van der Waals surface area contributed by atoms with Crippen LogP contribution in [-0.2, 0) is 54.1 Å². The van der Waals surface area contributed by atoms with Crippen LogP contribution in [0.1, 0.15) is 27.9 Å². The molecule has 5 heterocycles. The van der Waals surface area contributed by atoms with Gasteiger partial charge >= 0.3 is 33.2 Å². The Kier molecular flexibility index (Phi) is 19.3. The fourth-order valence-corrected chi connectivity index (χ4v) is 8.64. The molecule has 24 nitrogen and oxygen atoms in total. The summed E-state index contributed by atoms with van der Waals surface area (Å²) in [5.74, 6) is -3.47. The summed E-state index contributed by atoms with van der Waals surface area (Å²) in [6, 6.07) is 18.8. The van der Waals surface area contributed by atoms with Gasteiger partial charge in [-0.05, 0) is 75.7 Å². The zero-order valence-corrected chi connectivity index (χ0v) is 40.8. The van der Waals surface area contributed by atoms with Crippen molar-refractivity contribution in [3.8, 4) is 11.3 Å². The number of hydrogen-bond acceptors (Lipinski definition) is 13. The van der Waals surface area contributed by atoms with Crippen molar-refractivity contribution in [1.29, 1.82) is 0 Å². The molecule has 2 amide bonds. The monoisotopic (exact) mass is 1020 g/mol. The van der Waals surface area contributed by atoms with Crippen molar-refractivity contribution in [2.45, 2.75) is 63.0 Å². The first-order valence-electron chi connectivity index (χ1n) is 21.1. The molecule has 1 saturated heterocycles. The minimum Gasteiger partial charge on any atom is -0.479 e. The van der Waals surface area contributed by atoms with E-state index in [4.69, 9.17) is 49.7 Å². The van der Waals surface area contributed by atoms with Crippen molar-refractivity contribution in [2.75, 3.05) is 41.3 Å². The average molecular weight is 1020 g/mol. The smallest absolute Gasteiger partial charge is 0.407 e. The second kappa shape index (κ2) is 24.0. The van der Waals surface area contributed by atoms with Gasteiger partial charge in [-0.15, -0.1) is 0 Å². The number of cyclic esters (lactones) is 1. The number of rotatable bonds is 15. The number of aromatic amines is 1. The van der Waals surface area contributed by atoms with E-state index < -0.39 is 51.0 Å². The van der Waals surface area contributed by atoms with E-state index in [0.717, 1.165) is 58.4 Å². The highest BCUT2D eigenvalue weighted by molar-refractivity contribution is 7.72. The van der Waals surface area contributed by atoms with Gasteiger partial charge in [0, 0.05) is 61.9 Å². The van der Waals surface area contributed by atoms with Gasteiger partial charge in [0.1, 0.15) is 12.3 Å². The number of aliphatic hydroxyl groups excluding tert-OH is 2. The van der Waals surface area contributed by atoms with E-state index in [-0.39, 0.29) is 18.0 Å². The average Bonchev–Trinajstić information content (AvgIpc) is 4.10. The third-order valence-electron chi connectivity index (χ3n) is 10.6. The van der Waals surface area contributed by atoms with Crippen LogP contribution in [0.25, 0.3) is 27.8 Å². The number of carboxylic acid groups (broad SMARTS) is 2. The van der Waals surface area contributed by atoms with Crippen LogP contribution in [0.4, 0.5) is 4.79 Å². The van der Waals surface area contributed by atoms with Crippen molar-refractivity contribution >= 4 is 55.7 Å². The Morgan fingerprint density at radius 3 is 2.04 bits per heavy atom. The maximum Gasteiger partial charge on any atom is 0.407 e. The predicted octanol–water partition coefficient (Wildman–Crippen LogP) is 1.93. The lowest BCUT2D eigenvalue weighted by Gasteiger charge is -2.29. The number of ether oxygens (including phenoxy) is 1. The number of carbonyl (C=O) groups is 4. The molecular formula is C44H58N8O16P2. The zero-order chi connectivity index (χ0) is 52.3. The molecule has 0 saturated carbocycles. The maximum absolute atomic E-state index is 12.3. The Hall–Kier alpha value is -6.30. The molecule has 7 rings (SSSR count). The molecule has 2 aromatic carbocycles. The quantitative estimate of drug-likeness (QED) is 0.0655. The number of pyridine rings is 1. The van der Waals surface area contributed by atoms with E-state index in [2.05, 4.69) is 89.9 Å². The molecule has 11 N–H and O–H groups in total. The molecule has 1 fully saturated rings. The first-order valence-corrected chi connectivity index (χ1v) is 24.4. The highest BCUT2D eigenvalue weighted by atomic mass is 31.2. The van der Waals surface area contributed by atoms with Gasteiger partial charge in [0.15, 0.2) is 12.2 Å². The number of amides is 2. The van der Waals surface area contributed by atoms with Crippen LogP contribution in [0, 0.1) is 13.8 Å². The number of aromatic nitrogens is 5. The van der Waals surface area contributed by atoms with Crippen molar-refractivity contribution in [3.05, 3.63) is 114 Å². The summed E-state index contributed by atoms with van der Waals surface area (Å²) in [5.41, 5.74) is 9.81. The second-order valence-corrected chi connectivity index (χ2v) is 20.7. The number of alkyl carbamates (subject to hydrolysis) is 1. The summed E-state index contributed by atoms with van der Waals surface area (Å²) in [6.45, 7) is 4.64. The SMILES string of the molecule is CN(C)CCc1c[nH]c2ccc(C[C@H]3COC(=O)N3)cc12.Cc1ccc(-c2nc3ccc(C)cn3c2CC(=O)N(C)C)cc1.O=C(O)C(O)C(O)C(=O)O.O=P(O)(O)C(O)(Cn1ccnc1)P(=O)(O)O. The Morgan fingerprint density at radius 2 is 1.53 bits per heavy atom. The molecule has 26 heteroatoms. The van der Waals surface area contributed by atoms with E-state index in [1.165, 1.54) is 40.0 Å². The lowest BCUT2D eigenvalue weighted by Crippen LogP contribution is -2.39. The molecule has 0 aliphatic carbocycles. The number of imidazole rings is 2. The van der Waals surface area contributed by atoms with Crippen molar-refractivity contribution in [2.24, 2.45) is 0 Å². The first-order chi connectivity index (χ1) is 32.6. The van der Waals surface area contributed by atoms with Crippen LogP contribution in [-0.4, -0.2) is 167 Å². The summed E-state index contributed by atoms with van der Waals surface area (Å²) in [6.07, 6.45) is 4.97. The van der Waals surface area contributed by atoms with Crippen LogP contribution in [0.5, 0.6) is 0 Å². The number of carboxylic acids is 2. The van der Waals surface area contributed by atoms with Gasteiger partial charge in [0.2, 0.25) is 5.91 Å². The van der Waals surface area contributed by atoms with Crippen LogP contribution in [0.2, 0.25) is 0 Å². The van der Waals surface area contributed by atoms with Crippen LogP contribution in [0.3, 0.4) is 0 Å². The summed E-state index contributed by atoms with van der Waals surface area (Å²) in [5, 5.41) is 42.7. The van der Waals surface area contributed by atoms with Gasteiger partial charge in [-0.25, -0.2) is 24.4 Å². The molecule has 70 heavy (non-hydrogen) atoms. The Morgan fingerprint density at radius 1 is 0.914 bits per heavy atom. The molecule has 0 bridgehead atoms. The van der Waals surface area contributed by atoms with E-state index in [1.807, 2.05) is 29.7 Å². The van der Waals surface area contributed by atoms with E-state index in [9.17, 15) is 33.4 Å². The predicted molar refractivity (Wildman–Crippen MR) is 254 cm³/mol. The molecule has 380 valence electrons. The van der Waals surface area contributed by atoms with E-state index in [0.29, 0.717) is 13.0 Å². The number of fused-ring (bicyclic) bond motifs is 2. The minimum absolute atomic E-state index is 0.0710. The van der Waals surface area contributed by atoms with Gasteiger partial charge in [-0.1, -0.05) is 42.0 Å². The number of H-pyrrole nitrogens is 1. The number of benzene rings is 2. The minimum atomic E-state index is -5.41. The number of aryl methyl sites for hydroxylation is 2. The van der Waals surface area contributed by atoms with Crippen LogP contribution in [0.15, 0.2) is 85.7 Å². The van der Waals surface area contributed by atoms with Gasteiger partial charge in [-0.2, -0.15) is 0 Å². The first kappa shape index (κ1) is 56.3. The van der Waals surface area contributed by atoms with Gasteiger partial charge < -0.3 is 78.9 Å². The highest BCUT2D eigenvalue weighted by Crippen LogP contribution is 2.68. The standard InChI is InChI=1S/C19H21N3O.C16H21N3O2.C5H10N2O7P2.C4H6O6/c1-13-5-8-15(9-6-13)19-16(11-18(23)21(3)4)22-12-14(2)7-10-17(22)20-19;1-19(2)6-5-12-9-17-15-4-3-11(8-14(12)15)7-13-10-21-16(20)18-13;8-5(15(9,10)11,16(12,13)14)3-7-2-1-6-4-7;5-1(3(7)8)2(6)4(9)10/h5-10,12H,11H2,1-4H3;3-4,8-9,13,17H,5-7,10H2,1-2H3,(H,18,20);1-2,4,8H,3H2,(H2,9,10,11)(H2,12,13,14);1-2,5-6H,(H,7,8)(H,9,10)/t;13-;;/m.0../s1. The molecule has 1 aliphatic heterocycles. The number of nitrogens with one attached hydrogen (secondary N) is 2. The normalized spacial score (nSPS) is 14.5. The zero-order valence-electron chi connectivity index (χ0n) is 39.0. The van der Waals surface area contributed by atoms with Gasteiger partial charge in [0.05, 0.1) is 36.7 Å². The summed E-state index contributed by atoms with van der Waals surface area (Å²) in [7, 11) is -3.08. The molecule has 2 unspecified atom stereocenters. The maximum atomic E-state index is 12.3. The topological polar surface area (TPSA) is 363 Å². The van der Waals surface area contributed by atoms with Crippen molar-refractivity contribution < 1.29 is 78.2 Å². The molecule has 6 aromatic rings. The Balaban J connectivity index is 0.000000211. The van der Waals surface area contributed by atoms with Gasteiger partial charge in [0.25, 0.3) is 5.08 Å². The molecular weight excluding hydrogens is 958 g/mol. The van der Waals surface area contributed by atoms with Gasteiger partial charge in [-0.3, -0.25) is 13.9 Å². The van der Waals surface area contributed by atoms with Crippen LogP contribution >= 0.6 is 15.2 Å². The molecule has 3 atom stereocenters. The van der Waals surface area contributed by atoms with Crippen molar-refractivity contribution in [1.82, 2.24) is 39.0 Å². The lowest BCUT2D eigenvalue weighted by molar-refractivity contribution is -0.165. The highest BCUT2D eigenvalue weighted by Gasteiger charge is 2.59. The summed E-state index contributed by atoms with van der Waals surface area (Å²) < 4.78 is 29.8. The lowest BCUT2D eigenvalue weighted by atomic mass is 10.0. The fourth-order valence-electron chi connectivity index (χ4n) is 6.59. The second-order valence-electron chi connectivity index (χ2n) is 16.7. The number of hydrogen-bond donors (Lipinski definition) is 11. The van der Waals surface area contributed by atoms with Crippen molar-refractivity contribution in [3.63, 3.8) is 0 Å². The van der Waals surface area contributed by atoms with E-state index in [1.54, 1.807) is 19.0 Å².